The van der Waals surface area contributed by atoms with Gasteiger partial charge in [-0.2, -0.15) is 0 Å². The molecule has 0 saturated heterocycles. The molecule has 0 N–H and O–H groups in total. The van der Waals surface area contributed by atoms with E-state index in [0.717, 1.165) is 22.3 Å². The summed E-state index contributed by atoms with van der Waals surface area (Å²) >= 11 is 6.23. The Balaban J connectivity index is 2.15. The Kier molecular flexibility index (Phi) is 3.05. The predicted molar refractivity (Wildman–Crippen MR) is 76.5 cm³/mol. The number of aromatic nitrogens is 2. The molecule has 0 saturated carbocycles. The van der Waals surface area contributed by atoms with E-state index in [1.165, 1.54) is 0 Å². The van der Waals surface area contributed by atoms with E-state index in [9.17, 15) is 0 Å². The third-order valence-corrected chi connectivity index (χ3v) is 3.23. The molecule has 0 radical (unpaired) electrons. The minimum Gasteiger partial charge on any atom is -0.497 e. The van der Waals surface area contributed by atoms with E-state index in [-0.39, 0.29) is 0 Å². The summed E-state index contributed by atoms with van der Waals surface area (Å²) in [5, 5.41) is 1.43. The molecule has 0 aliphatic carbocycles. The highest BCUT2D eigenvalue weighted by Crippen LogP contribution is 2.30. The fourth-order valence-corrected chi connectivity index (χ4v) is 2.20. The normalized spacial score (nSPS) is 10.6. The number of methoxy groups -OCH3 is 1. The van der Waals surface area contributed by atoms with Gasteiger partial charge in [-0.05, 0) is 35.9 Å². The number of pyridine rings is 2. The molecule has 0 aliphatic heterocycles. The first-order valence-corrected chi connectivity index (χ1v) is 6.21. The summed E-state index contributed by atoms with van der Waals surface area (Å²) in [6.07, 6.45) is 1.71. The Bertz CT molecular complexity index is 726. The van der Waals surface area contributed by atoms with Crippen LogP contribution in [0.25, 0.3) is 22.2 Å². The molecule has 2 heterocycles. The van der Waals surface area contributed by atoms with Gasteiger partial charge in [-0.15, -0.1) is 0 Å². The van der Waals surface area contributed by atoms with Gasteiger partial charge in [0, 0.05) is 17.1 Å². The van der Waals surface area contributed by atoms with Gasteiger partial charge < -0.3 is 4.74 Å². The zero-order chi connectivity index (χ0) is 13.2. The molecule has 0 aliphatic rings. The van der Waals surface area contributed by atoms with Crippen molar-refractivity contribution in [3.63, 3.8) is 0 Å². The third kappa shape index (κ3) is 2.25. The lowest BCUT2D eigenvalue weighted by molar-refractivity contribution is 0.415. The fraction of sp³-hybridized carbons (Fsp3) is 0.0667. The predicted octanol–water partition coefficient (Wildman–Crippen LogP) is 3.96. The average molecular weight is 271 g/mol. The van der Waals surface area contributed by atoms with Crippen LogP contribution in [0.2, 0.25) is 5.15 Å². The number of fused-ring (bicyclic) bond motifs is 1. The molecule has 4 heteroatoms. The summed E-state index contributed by atoms with van der Waals surface area (Å²) in [6, 6.07) is 13.6. The average Bonchev–Trinajstić information content (AvgIpc) is 2.47. The Labute approximate surface area is 115 Å². The maximum Gasteiger partial charge on any atom is 0.160 e. The minimum atomic E-state index is 0.455. The molecule has 2 aromatic heterocycles. The zero-order valence-electron chi connectivity index (χ0n) is 10.3. The third-order valence-electron chi connectivity index (χ3n) is 2.94. The number of benzene rings is 1. The van der Waals surface area contributed by atoms with Crippen LogP contribution in [0.5, 0.6) is 5.75 Å². The van der Waals surface area contributed by atoms with Crippen molar-refractivity contribution >= 4 is 22.6 Å². The number of halogens is 1. The Morgan fingerprint density at radius 1 is 1.11 bits per heavy atom. The Hall–Kier alpha value is -2.13. The van der Waals surface area contributed by atoms with Gasteiger partial charge in [0.1, 0.15) is 10.9 Å². The van der Waals surface area contributed by atoms with Gasteiger partial charge in [-0.3, -0.25) is 0 Å². The monoisotopic (exact) mass is 270 g/mol. The molecule has 3 nitrogen and oxygen atoms in total. The maximum absolute atomic E-state index is 6.23. The highest BCUT2D eigenvalue weighted by Gasteiger charge is 2.07. The largest absolute Gasteiger partial charge is 0.497 e. The summed E-state index contributed by atoms with van der Waals surface area (Å²) in [5.41, 5.74) is 2.55. The van der Waals surface area contributed by atoms with Crippen LogP contribution in [0.4, 0.5) is 0 Å². The lowest BCUT2D eigenvalue weighted by atomic mass is 10.1. The van der Waals surface area contributed by atoms with Crippen molar-refractivity contribution in [2.75, 3.05) is 7.11 Å². The van der Waals surface area contributed by atoms with Gasteiger partial charge in [-0.25, -0.2) is 9.97 Å². The van der Waals surface area contributed by atoms with E-state index in [0.29, 0.717) is 10.8 Å². The zero-order valence-corrected chi connectivity index (χ0v) is 11.1. The van der Waals surface area contributed by atoms with Crippen molar-refractivity contribution in [2.24, 2.45) is 0 Å². The first-order valence-electron chi connectivity index (χ1n) is 5.83. The smallest absolute Gasteiger partial charge is 0.160 e. The first-order chi connectivity index (χ1) is 9.28. The second-order valence-electron chi connectivity index (χ2n) is 4.11. The lowest BCUT2D eigenvalue weighted by Gasteiger charge is -2.07. The van der Waals surface area contributed by atoms with Gasteiger partial charge in [0.25, 0.3) is 0 Å². The molecule has 0 unspecified atom stereocenters. The van der Waals surface area contributed by atoms with E-state index < -0.39 is 0 Å². The summed E-state index contributed by atoms with van der Waals surface area (Å²) < 4.78 is 5.15. The quantitative estimate of drug-likeness (QED) is 0.661. The van der Waals surface area contributed by atoms with E-state index in [1.54, 1.807) is 13.3 Å². The van der Waals surface area contributed by atoms with Gasteiger partial charge in [0.15, 0.2) is 5.65 Å². The van der Waals surface area contributed by atoms with Crippen LogP contribution >= 0.6 is 11.6 Å². The van der Waals surface area contributed by atoms with Crippen LogP contribution in [0.3, 0.4) is 0 Å². The van der Waals surface area contributed by atoms with Crippen molar-refractivity contribution < 1.29 is 4.74 Å². The molecule has 0 atom stereocenters. The van der Waals surface area contributed by atoms with Crippen molar-refractivity contribution in [1.29, 1.82) is 0 Å². The number of rotatable bonds is 2. The minimum absolute atomic E-state index is 0.455. The topological polar surface area (TPSA) is 35.0 Å². The van der Waals surface area contributed by atoms with Crippen molar-refractivity contribution in [3.05, 3.63) is 53.8 Å². The summed E-state index contributed by atoms with van der Waals surface area (Å²) in [6.45, 7) is 0. The fourth-order valence-electron chi connectivity index (χ4n) is 1.96. The van der Waals surface area contributed by atoms with Crippen molar-refractivity contribution in [1.82, 2.24) is 9.97 Å². The van der Waals surface area contributed by atoms with Crippen LogP contribution in [0.15, 0.2) is 48.7 Å². The summed E-state index contributed by atoms with van der Waals surface area (Å²) in [5.74, 6) is 0.815. The molecule has 94 valence electrons. The second-order valence-corrected chi connectivity index (χ2v) is 4.46. The highest BCUT2D eigenvalue weighted by atomic mass is 35.5. The highest BCUT2D eigenvalue weighted by molar-refractivity contribution is 6.32. The molecule has 3 aromatic rings. The van der Waals surface area contributed by atoms with Crippen LogP contribution in [-0.2, 0) is 0 Å². The van der Waals surface area contributed by atoms with Gasteiger partial charge in [0.2, 0.25) is 0 Å². The molecule has 0 amide bonds. The molecule has 0 spiro atoms. The standard InChI is InChI=1S/C15H11ClN2O/c1-19-12-6-4-10(5-7-12)13-9-11-3-2-8-17-15(11)18-14(13)16/h2-9H,1H3. The number of hydrogen-bond donors (Lipinski definition) is 0. The number of hydrogen-bond acceptors (Lipinski definition) is 3. The molecule has 3 rings (SSSR count). The van der Waals surface area contributed by atoms with Gasteiger partial charge in [0.05, 0.1) is 7.11 Å². The molecule has 19 heavy (non-hydrogen) atoms. The maximum atomic E-state index is 6.23. The summed E-state index contributed by atoms with van der Waals surface area (Å²) in [7, 11) is 1.64. The van der Waals surface area contributed by atoms with Crippen molar-refractivity contribution in [2.45, 2.75) is 0 Å². The lowest BCUT2D eigenvalue weighted by Crippen LogP contribution is -1.88. The van der Waals surface area contributed by atoms with Crippen LogP contribution in [0, 0.1) is 0 Å². The first kappa shape index (κ1) is 11.9. The van der Waals surface area contributed by atoms with E-state index in [4.69, 9.17) is 16.3 Å². The number of ether oxygens (including phenoxy) is 1. The van der Waals surface area contributed by atoms with Crippen LogP contribution in [0.1, 0.15) is 0 Å². The SMILES string of the molecule is COc1ccc(-c2cc3cccnc3nc2Cl)cc1. The van der Waals surface area contributed by atoms with E-state index >= 15 is 0 Å². The molecule has 0 bridgehead atoms. The molecular weight excluding hydrogens is 260 g/mol. The second kappa shape index (κ2) is 4.86. The van der Waals surface area contributed by atoms with E-state index in [1.807, 2.05) is 42.5 Å². The number of nitrogens with zero attached hydrogens (tertiary/aromatic N) is 2. The van der Waals surface area contributed by atoms with Crippen LogP contribution < -0.4 is 4.74 Å². The Morgan fingerprint density at radius 3 is 2.63 bits per heavy atom. The van der Waals surface area contributed by atoms with E-state index in [2.05, 4.69) is 9.97 Å². The van der Waals surface area contributed by atoms with Gasteiger partial charge in [-0.1, -0.05) is 23.7 Å². The molecule has 1 aromatic carbocycles. The van der Waals surface area contributed by atoms with Crippen molar-refractivity contribution in [3.8, 4) is 16.9 Å². The van der Waals surface area contributed by atoms with Gasteiger partial charge >= 0.3 is 0 Å². The summed E-state index contributed by atoms with van der Waals surface area (Å²) in [4.78, 5) is 8.51. The molecule has 0 fully saturated rings. The van der Waals surface area contributed by atoms with Crippen LogP contribution in [-0.4, -0.2) is 17.1 Å². The Morgan fingerprint density at radius 2 is 1.89 bits per heavy atom. The molecular formula is C15H11ClN2O.